The number of fused-ring (bicyclic) bond motifs is 3. The lowest BCUT2D eigenvalue weighted by atomic mass is 9.50. The van der Waals surface area contributed by atoms with E-state index in [4.69, 9.17) is 9.47 Å². The molecule has 5 rings (SSSR count). The van der Waals surface area contributed by atoms with Crippen LogP contribution in [0.1, 0.15) is 56.2 Å². The highest BCUT2D eigenvalue weighted by molar-refractivity contribution is 5.80. The van der Waals surface area contributed by atoms with Gasteiger partial charge in [0, 0.05) is 0 Å². The van der Waals surface area contributed by atoms with Crippen molar-refractivity contribution in [3.8, 4) is 11.5 Å². The SMILES string of the molecule is CC12CCC[C@](C)(C(=O)Oc3c(F)c(F)c(F)c(F)c3F)C1CCc1ccc(OCc3ccccc3)cc12. The second-order valence-corrected chi connectivity index (χ2v) is 10.7. The first-order valence-corrected chi connectivity index (χ1v) is 12.6. The molecular weight excluding hydrogens is 503 g/mol. The molecule has 2 unspecified atom stereocenters. The smallest absolute Gasteiger partial charge is 0.317 e. The number of benzene rings is 3. The van der Waals surface area contributed by atoms with E-state index in [1.54, 1.807) is 6.92 Å². The molecule has 1 saturated carbocycles. The van der Waals surface area contributed by atoms with Gasteiger partial charge in [-0.15, -0.1) is 0 Å². The Labute approximate surface area is 217 Å². The number of carbonyl (C=O) groups excluding carboxylic acids is 1. The van der Waals surface area contributed by atoms with Crippen molar-refractivity contribution < 1.29 is 36.2 Å². The summed E-state index contributed by atoms with van der Waals surface area (Å²) < 4.78 is 80.5. The fourth-order valence-corrected chi connectivity index (χ4v) is 6.40. The molecule has 0 aliphatic heterocycles. The van der Waals surface area contributed by atoms with E-state index < -0.39 is 51.6 Å². The minimum Gasteiger partial charge on any atom is -0.489 e. The Morgan fingerprint density at radius 1 is 0.895 bits per heavy atom. The normalized spacial score (nSPS) is 24.3. The van der Waals surface area contributed by atoms with Gasteiger partial charge in [0.15, 0.2) is 0 Å². The summed E-state index contributed by atoms with van der Waals surface area (Å²) in [5.74, 6) is -13.1. The average molecular weight is 531 g/mol. The number of hydrogen-bond donors (Lipinski definition) is 0. The summed E-state index contributed by atoms with van der Waals surface area (Å²) in [5.41, 5.74) is 1.51. The molecule has 3 aromatic rings. The van der Waals surface area contributed by atoms with Crippen molar-refractivity contribution in [1.82, 2.24) is 0 Å². The molecule has 0 heterocycles. The van der Waals surface area contributed by atoms with Gasteiger partial charge in [-0.3, -0.25) is 4.79 Å². The lowest BCUT2D eigenvalue weighted by Gasteiger charge is -2.54. The number of aryl methyl sites for hydroxylation is 1. The third-order valence-corrected chi connectivity index (χ3v) is 8.41. The van der Waals surface area contributed by atoms with Gasteiger partial charge in [0.25, 0.3) is 0 Å². The van der Waals surface area contributed by atoms with Gasteiger partial charge in [-0.2, -0.15) is 8.78 Å². The van der Waals surface area contributed by atoms with Crippen molar-refractivity contribution in [3.63, 3.8) is 0 Å². The molecule has 8 heteroatoms. The highest BCUT2D eigenvalue weighted by Crippen LogP contribution is 2.58. The summed E-state index contributed by atoms with van der Waals surface area (Å²) in [6, 6.07) is 15.7. The molecule has 0 bridgehead atoms. The lowest BCUT2D eigenvalue weighted by Crippen LogP contribution is -2.53. The van der Waals surface area contributed by atoms with E-state index in [1.807, 2.05) is 48.5 Å². The van der Waals surface area contributed by atoms with Gasteiger partial charge in [-0.05, 0) is 72.8 Å². The molecule has 200 valence electrons. The Bertz CT molecular complexity index is 1360. The summed E-state index contributed by atoms with van der Waals surface area (Å²) in [5, 5.41) is 0. The van der Waals surface area contributed by atoms with Gasteiger partial charge in [0.05, 0.1) is 5.41 Å². The first-order valence-electron chi connectivity index (χ1n) is 12.6. The minimum absolute atomic E-state index is 0.283. The van der Waals surface area contributed by atoms with Gasteiger partial charge in [0.1, 0.15) is 12.4 Å². The van der Waals surface area contributed by atoms with E-state index in [0.29, 0.717) is 38.0 Å². The van der Waals surface area contributed by atoms with Crippen LogP contribution in [0.2, 0.25) is 0 Å². The molecule has 0 amide bonds. The molecule has 1 fully saturated rings. The van der Waals surface area contributed by atoms with E-state index in [9.17, 15) is 26.7 Å². The van der Waals surface area contributed by atoms with Crippen LogP contribution in [0.15, 0.2) is 48.5 Å². The zero-order valence-corrected chi connectivity index (χ0v) is 21.1. The molecule has 2 aliphatic rings. The van der Waals surface area contributed by atoms with E-state index in [2.05, 4.69) is 6.92 Å². The Kier molecular flexibility index (Phi) is 6.70. The monoisotopic (exact) mass is 530 g/mol. The van der Waals surface area contributed by atoms with Crippen molar-refractivity contribution in [3.05, 3.63) is 94.3 Å². The summed E-state index contributed by atoms with van der Waals surface area (Å²) >= 11 is 0. The number of hydrogen-bond acceptors (Lipinski definition) is 3. The first-order chi connectivity index (χ1) is 18.1. The van der Waals surface area contributed by atoms with Gasteiger partial charge in [0.2, 0.25) is 34.8 Å². The van der Waals surface area contributed by atoms with Crippen molar-refractivity contribution in [2.45, 2.75) is 58.0 Å². The van der Waals surface area contributed by atoms with Gasteiger partial charge in [-0.25, -0.2) is 13.2 Å². The van der Waals surface area contributed by atoms with E-state index in [0.717, 1.165) is 23.1 Å². The maximum Gasteiger partial charge on any atom is 0.317 e. The Balaban J connectivity index is 1.44. The van der Waals surface area contributed by atoms with Crippen LogP contribution in [-0.4, -0.2) is 5.97 Å². The highest BCUT2D eigenvalue weighted by atomic mass is 19.2. The lowest BCUT2D eigenvalue weighted by molar-refractivity contribution is -0.154. The predicted molar refractivity (Wildman–Crippen MR) is 130 cm³/mol. The largest absolute Gasteiger partial charge is 0.489 e. The number of ether oxygens (including phenoxy) is 2. The number of esters is 1. The zero-order valence-electron chi connectivity index (χ0n) is 21.1. The Morgan fingerprint density at radius 3 is 2.24 bits per heavy atom. The Morgan fingerprint density at radius 2 is 1.55 bits per heavy atom. The molecule has 0 aromatic heterocycles. The summed E-state index contributed by atoms with van der Waals surface area (Å²) in [6.07, 6.45) is 3.01. The molecule has 3 nitrogen and oxygen atoms in total. The van der Waals surface area contributed by atoms with Crippen LogP contribution in [0, 0.1) is 40.4 Å². The molecule has 3 atom stereocenters. The average Bonchev–Trinajstić information content (AvgIpc) is 2.92. The third-order valence-electron chi connectivity index (χ3n) is 8.41. The number of carbonyl (C=O) groups is 1. The highest BCUT2D eigenvalue weighted by Gasteiger charge is 2.56. The number of rotatable bonds is 5. The number of halogens is 5. The summed E-state index contributed by atoms with van der Waals surface area (Å²) in [7, 11) is 0. The Hall–Kier alpha value is -3.42. The van der Waals surface area contributed by atoms with Gasteiger partial charge in [-0.1, -0.05) is 49.7 Å². The minimum atomic E-state index is -2.30. The fourth-order valence-electron chi connectivity index (χ4n) is 6.40. The predicted octanol–water partition coefficient (Wildman–Crippen LogP) is 7.58. The van der Waals surface area contributed by atoms with E-state index >= 15 is 0 Å². The van der Waals surface area contributed by atoms with E-state index in [-0.39, 0.29) is 5.92 Å². The molecule has 38 heavy (non-hydrogen) atoms. The van der Waals surface area contributed by atoms with Crippen LogP contribution in [0.3, 0.4) is 0 Å². The standard InChI is InChI=1S/C30H27F5O3/c1-29-13-6-14-30(2,28(36)38-27-25(34)23(32)22(31)24(33)26(27)35)21(29)12-10-18-9-11-19(15-20(18)29)37-16-17-7-4-3-5-8-17/h3-5,7-9,11,15,21H,6,10,12-14,16H2,1-2H3/t21?,29?,30-/m0/s1. The third kappa shape index (κ3) is 4.24. The van der Waals surface area contributed by atoms with Crippen LogP contribution >= 0.6 is 0 Å². The van der Waals surface area contributed by atoms with Crippen LogP contribution in [0.25, 0.3) is 0 Å². The van der Waals surface area contributed by atoms with Gasteiger partial charge >= 0.3 is 5.97 Å². The molecule has 0 saturated heterocycles. The molecule has 0 N–H and O–H groups in total. The molecule has 3 aromatic carbocycles. The molecule has 0 spiro atoms. The summed E-state index contributed by atoms with van der Waals surface area (Å²) in [6.45, 7) is 4.11. The van der Waals surface area contributed by atoms with Crippen molar-refractivity contribution >= 4 is 5.97 Å². The zero-order chi connectivity index (χ0) is 27.2. The van der Waals surface area contributed by atoms with Crippen LogP contribution in [-0.2, 0) is 23.2 Å². The quantitative estimate of drug-likeness (QED) is 0.112. The van der Waals surface area contributed by atoms with Crippen LogP contribution in [0.5, 0.6) is 11.5 Å². The van der Waals surface area contributed by atoms with Crippen LogP contribution < -0.4 is 9.47 Å². The molecular formula is C30H27F5O3. The van der Waals surface area contributed by atoms with E-state index in [1.165, 1.54) is 0 Å². The molecule has 2 aliphatic carbocycles. The molecule has 0 radical (unpaired) electrons. The van der Waals surface area contributed by atoms with Crippen molar-refractivity contribution in [2.24, 2.45) is 11.3 Å². The van der Waals surface area contributed by atoms with Crippen LogP contribution in [0.4, 0.5) is 22.0 Å². The topological polar surface area (TPSA) is 35.5 Å². The maximum atomic E-state index is 14.3. The second kappa shape index (κ2) is 9.71. The summed E-state index contributed by atoms with van der Waals surface area (Å²) in [4.78, 5) is 13.4. The van der Waals surface area contributed by atoms with Crippen molar-refractivity contribution in [2.75, 3.05) is 0 Å². The van der Waals surface area contributed by atoms with Gasteiger partial charge < -0.3 is 9.47 Å². The van der Waals surface area contributed by atoms with Crippen molar-refractivity contribution in [1.29, 1.82) is 0 Å². The second-order valence-electron chi connectivity index (χ2n) is 10.7. The first kappa shape index (κ1) is 26.2. The maximum absolute atomic E-state index is 14.3. The fraction of sp³-hybridized carbons (Fsp3) is 0.367.